The molecule has 2 rings (SSSR count). The van der Waals surface area contributed by atoms with E-state index in [4.69, 9.17) is 0 Å². The van der Waals surface area contributed by atoms with E-state index in [2.05, 4.69) is 15.9 Å². The lowest BCUT2D eigenvalue weighted by atomic mass is 10.2. The smallest absolute Gasteiger partial charge is 0.263 e. The number of hydrogen-bond acceptors (Lipinski definition) is 2. The number of carbonyl (C=O) groups excluding carboxylic acids is 1. The molecule has 1 amide bonds. The van der Waals surface area contributed by atoms with Gasteiger partial charge in [0.25, 0.3) is 5.91 Å². The van der Waals surface area contributed by atoms with Crippen LogP contribution in [0.5, 0.6) is 0 Å². The van der Waals surface area contributed by atoms with Crippen molar-refractivity contribution in [2.75, 3.05) is 7.05 Å². The molecule has 1 aromatic rings. The van der Waals surface area contributed by atoms with Gasteiger partial charge in [0.05, 0.1) is 8.66 Å². The van der Waals surface area contributed by atoms with E-state index in [1.165, 1.54) is 24.2 Å². The maximum Gasteiger partial charge on any atom is 0.263 e. The summed E-state index contributed by atoms with van der Waals surface area (Å²) in [6.07, 6.45) is 4.84. The number of thiophene rings is 1. The van der Waals surface area contributed by atoms with E-state index < -0.39 is 0 Å². The molecule has 1 aliphatic rings. The van der Waals surface area contributed by atoms with Gasteiger partial charge in [-0.1, -0.05) is 12.8 Å². The van der Waals surface area contributed by atoms with E-state index >= 15 is 0 Å². The molecular weight excluding hydrogens is 286 g/mol. The quantitative estimate of drug-likeness (QED) is 0.813. The summed E-state index contributed by atoms with van der Waals surface area (Å²) in [4.78, 5) is 15.0. The van der Waals surface area contributed by atoms with Crippen LogP contribution in [0.25, 0.3) is 0 Å². The van der Waals surface area contributed by atoms with Crippen LogP contribution in [0.4, 0.5) is 0 Å². The monoisotopic (exact) mass is 301 g/mol. The zero-order valence-corrected chi connectivity index (χ0v) is 12.0. The number of amides is 1. The lowest BCUT2D eigenvalue weighted by Gasteiger charge is -2.23. The van der Waals surface area contributed by atoms with Crippen LogP contribution in [0, 0.1) is 6.92 Å². The van der Waals surface area contributed by atoms with E-state index in [1.807, 2.05) is 24.9 Å². The van der Waals surface area contributed by atoms with Gasteiger partial charge in [-0.3, -0.25) is 4.79 Å². The Labute approximate surface area is 109 Å². The highest BCUT2D eigenvalue weighted by Crippen LogP contribution is 2.30. The number of carbonyl (C=O) groups is 1. The van der Waals surface area contributed by atoms with Gasteiger partial charge in [0.15, 0.2) is 0 Å². The number of nitrogens with zero attached hydrogens (tertiary/aromatic N) is 1. The van der Waals surface area contributed by atoms with Gasteiger partial charge in [-0.05, 0) is 47.3 Å². The minimum absolute atomic E-state index is 0.172. The first-order valence-corrected chi connectivity index (χ1v) is 7.23. The Bertz CT molecular complexity index is 376. The molecule has 0 spiro atoms. The van der Waals surface area contributed by atoms with Crippen LogP contribution in [0.2, 0.25) is 0 Å². The minimum Gasteiger partial charge on any atom is -0.338 e. The standard InChI is InChI=1S/C12H16BrNOS/c1-8-7-10(16-11(8)13)12(15)14(2)9-5-3-4-6-9/h7,9H,3-6H2,1-2H3. The molecule has 88 valence electrons. The summed E-state index contributed by atoms with van der Waals surface area (Å²) in [7, 11) is 1.93. The van der Waals surface area contributed by atoms with Crippen molar-refractivity contribution in [1.82, 2.24) is 4.90 Å². The molecule has 16 heavy (non-hydrogen) atoms. The molecule has 1 heterocycles. The highest BCUT2D eigenvalue weighted by molar-refractivity contribution is 9.11. The van der Waals surface area contributed by atoms with Crippen molar-refractivity contribution >= 4 is 33.2 Å². The third kappa shape index (κ3) is 2.33. The Hall–Kier alpha value is -0.350. The highest BCUT2D eigenvalue weighted by atomic mass is 79.9. The van der Waals surface area contributed by atoms with Crippen LogP contribution in [-0.4, -0.2) is 23.9 Å². The summed E-state index contributed by atoms with van der Waals surface area (Å²) in [6, 6.07) is 2.43. The topological polar surface area (TPSA) is 20.3 Å². The van der Waals surface area contributed by atoms with Crippen molar-refractivity contribution in [2.24, 2.45) is 0 Å². The molecule has 0 atom stereocenters. The first kappa shape index (κ1) is 12.1. The molecule has 1 aromatic heterocycles. The lowest BCUT2D eigenvalue weighted by molar-refractivity contribution is 0.0740. The predicted octanol–water partition coefficient (Wildman–Crippen LogP) is 3.83. The molecule has 2 nitrogen and oxygen atoms in total. The number of rotatable bonds is 2. The Morgan fingerprint density at radius 2 is 2.12 bits per heavy atom. The molecule has 1 saturated carbocycles. The van der Waals surface area contributed by atoms with Gasteiger partial charge in [0, 0.05) is 13.1 Å². The average Bonchev–Trinajstić information content (AvgIpc) is 2.87. The molecule has 0 unspecified atom stereocenters. The second-order valence-corrected chi connectivity index (χ2v) is 6.79. The van der Waals surface area contributed by atoms with Crippen LogP contribution >= 0.6 is 27.3 Å². The van der Waals surface area contributed by atoms with Crippen LogP contribution in [0.3, 0.4) is 0 Å². The van der Waals surface area contributed by atoms with Gasteiger partial charge >= 0.3 is 0 Å². The summed E-state index contributed by atoms with van der Waals surface area (Å²) in [5.74, 6) is 0.172. The van der Waals surface area contributed by atoms with Gasteiger partial charge in [0.2, 0.25) is 0 Å². The van der Waals surface area contributed by atoms with Gasteiger partial charge < -0.3 is 4.90 Å². The van der Waals surface area contributed by atoms with Crippen molar-refractivity contribution in [3.63, 3.8) is 0 Å². The Kier molecular flexibility index (Phi) is 3.70. The number of aryl methyl sites for hydroxylation is 1. The Balaban J connectivity index is 2.11. The lowest BCUT2D eigenvalue weighted by Crippen LogP contribution is -2.34. The fourth-order valence-electron chi connectivity index (χ4n) is 2.20. The second-order valence-electron chi connectivity index (χ2n) is 4.42. The number of halogens is 1. The van der Waals surface area contributed by atoms with Crippen molar-refractivity contribution in [2.45, 2.75) is 38.6 Å². The third-order valence-electron chi connectivity index (χ3n) is 3.26. The van der Waals surface area contributed by atoms with Crippen molar-refractivity contribution < 1.29 is 4.79 Å². The highest BCUT2D eigenvalue weighted by Gasteiger charge is 2.25. The molecule has 0 saturated heterocycles. The molecule has 0 N–H and O–H groups in total. The zero-order valence-electron chi connectivity index (χ0n) is 9.62. The predicted molar refractivity (Wildman–Crippen MR) is 71.1 cm³/mol. The van der Waals surface area contributed by atoms with Crippen LogP contribution in [0.15, 0.2) is 9.85 Å². The first-order chi connectivity index (χ1) is 7.59. The van der Waals surface area contributed by atoms with Crippen molar-refractivity contribution in [1.29, 1.82) is 0 Å². The first-order valence-electron chi connectivity index (χ1n) is 5.62. The fourth-order valence-corrected chi connectivity index (χ4v) is 3.71. The normalized spacial score (nSPS) is 16.7. The summed E-state index contributed by atoms with van der Waals surface area (Å²) in [5, 5.41) is 0. The van der Waals surface area contributed by atoms with Crippen LogP contribution in [0.1, 0.15) is 40.9 Å². The summed E-state index contributed by atoms with van der Waals surface area (Å²) < 4.78 is 1.07. The molecule has 0 aromatic carbocycles. The maximum atomic E-state index is 12.2. The van der Waals surface area contributed by atoms with E-state index in [1.54, 1.807) is 0 Å². The molecule has 0 aliphatic heterocycles. The van der Waals surface area contributed by atoms with Crippen molar-refractivity contribution in [3.8, 4) is 0 Å². The molecular formula is C12H16BrNOS. The minimum atomic E-state index is 0.172. The molecule has 0 bridgehead atoms. The average molecular weight is 302 g/mol. The van der Waals surface area contributed by atoms with Gasteiger partial charge in [-0.2, -0.15) is 0 Å². The van der Waals surface area contributed by atoms with E-state index in [0.717, 1.165) is 27.1 Å². The SMILES string of the molecule is Cc1cc(C(=O)N(C)C2CCCC2)sc1Br. The number of hydrogen-bond donors (Lipinski definition) is 0. The zero-order chi connectivity index (χ0) is 11.7. The molecule has 0 radical (unpaired) electrons. The van der Waals surface area contributed by atoms with E-state index in [9.17, 15) is 4.79 Å². The Morgan fingerprint density at radius 3 is 2.62 bits per heavy atom. The van der Waals surface area contributed by atoms with Gasteiger partial charge in [-0.25, -0.2) is 0 Å². The molecule has 1 aliphatic carbocycles. The summed E-state index contributed by atoms with van der Waals surface area (Å²) in [6.45, 7) is 2.02. The van der Waals surface area contributed by atoms with Gasteiger partial charge in [0.1, 0.15) is 0 Å². The summed E-state index contributed by atoms with van der Waals surface area (Å²) in [5.41, 5.74) is 1.15. The Morgan fingerprint density at radius 1 is 1.50 bits per heavy atom. The summed E-state index contributed by atoms with van der Waals surface area (Å²) >= 11 is 5.00. The largest absolute Gasteiger partial charge is 0.338 e. The van der Waals surface area contributed by atoms with Crippen molar-refractivity contribution in [3.05, 3.63) is 20.3 Å². The van der Waals surface area contributed by atoms with E-state index in [0.29, 0.717) is 6.04 Å². The van der Waals surface area contributed by atoms with Crippen LogP contribution < -0.4 is 0 Å². The molecule has 4 heteroatoms. The fraction of sp³-hybridized carbons (Fsp3) is 0.583. The second kappa shape index (κ2) is 4.88. The maximum absolute atomic E-state index is 12.2. The van der Waals surface area contributed by atoms with Gasteiger partial charge in [-0.15, -0.1) is 11.3 Å². The molecule has 1 fully saturated rings. The van der Waals surface area contributed by atoms with E-state index in [-0.39, 0.29) is 5.91 Å². The third-order valence-corrected chi connectivity index (χ3v) is 5.39. The van der Waals surface area contributed by atoms with Crippen LogP contribution in [-0.2, 0) is 0 Å².